The number of rotatable bonds is 6. The van der Waals surface area contributed by atoms with Crippen molar-refractivity contribution >= 4 is 46.4 Å². The lowest BCUT2D eigenvalue weighted by molar-refractivity contribution is -0.118. The largest absolute Gasteiger partial charge is 0.272 e. The number of halogens is 1. The minimum Gasteiger partial charge on any atom is -0.272 e. The SMILES string of the molecule is O=C(CSc1nc2ccccc2c(=O)n1-c1ccc(Cl)cc1)N/N=C\c1ccccn1. The maximum absolute atomic E-state index is 13.2. The van der Waals surface area contributed by atoms with Crippen LogP contribution in [0.4, 0.5) is 0 Å². The maximum atomic E-state index is 13.2. The van der Waals surface area contributed by atoms with E-state index in [1.165, 1.54) is 10.8 Å². The van der Waals surface area contributed by atoms with E-state index in [0.717, 1.165) is 11.8 Å². The molecule has 0 aliphatic heterocycles. The van der Waals surface area contributed by atoms with E-state index in [-0.39, 0.29) is 17.2 Å². The monoisotopic (exact) mass is 449 g/mol. The quantitative estimate of drug-likeness (QED) is 0.210. The number of pyridine rings is 1. The summed E-state index contributed by atoms with van der Waals surface area (Å²) in [6.45, 7) is 0. The minimum absolute atomic E-state index is 0.0257. The van der Waals surface area contributed by atoms with Crippen molar-refractivity contribution in [3.63, 3.8) is 0 Å². The molecule has 9 heteroatoms. The number of carbonyl (C=O) groups is 1. The molecule has 31 heavy (non-hydrogen) atoms. The number of amides is 1. The Morgan fingerprint density at radius 3 is 2.65 bits per heavy atom. The number of hydrogen-bond acceptors (Lipinski definition) is 6. The molecule has 1 N–H and O–H groups in total. The Bertz CT molecular complexity index is 1310. The van der Waals surface area contributed by atoms with Gasteiger partial charge in [0.25, 0.3) is 11.5 Å². The Morgan fingerprint density at radius 2 is 1.87 bits per heavy atom. The molecule has 0 radical (unpaired) electrons. The van der Waals surface area contributed by atoms with Crippen LogP contribution in [0.1, 0.15) is 5.69 Å². The van der Waals surface area contributed by atoms with Crippen molar-refractivity contribution in [1.29, 1.82) is 0 Å². The van der Waals surface area contributed by atoms with E-state index in [2.05, 4.69) is 20.5 Å². The van der Waals surface area contributed by atoms with Gasteiger partial charge in [-0.2, -0.15) is 5.10 Å². The summed E-state index contributed by atoms with van der Waals surface area (Å²) >= 11 is 7.14. The number of thioether (sulfide) groups is 1. The van der Waals surface area contributed by atoms with Crippen LogP contribution in [0, 0.1) is 0 Å². The Morgan fingerprint density at radius 1 is 1.10 bits per heavy atom. The number of para-hydroxylation sites is 1. The van der Waals surface area contributed by atoms with Crippen LogP contribution in [0.3, 0.4) is 0 Å². The molecule has 1 amide bonds. The van der Waals surface area contributed by atoms with Crippen molar-refractivity contribution in [1.82, 2.24) is 20.0 Å². The van der Waals surface area contributed by atoms with Gasteiger partial charge in [0.15, 0.2) is 5.16 Å². The van der Waals surface area contributed by atoms with E-state index in [4.69, 9.17) is 11.6 Å². The highest BCUT2D eigenvalue weighted by Crippen LogP contribution is 2.22. The van der Waals surface area contributed by atoms with Crippen LogP contribution in [0.15, 0.2) is 88.0 Å². The molecule has 4 aromatic rings. The average Bonchev–Trinajstić information content (AvgIpc) is 2.79. The number of hydrogen-bond donors (Lipinski definition) is 1. The van der Waals surface area contributed by atoms with E-state index < -0.39 is 0 Å². The molecule has 0 aliphatic carbocycles. The number of aromatic nitrogens is 3. The number of benzene rings is 2. The number of carbonyl (C=O) groups excluding carboxylic acids is 1. The molecule has 0 atom stereocenters. The molecule has 4 rings (SSSR count). The van der Waals surface area contributed by atoms with Crippen molar-refractivity contribution in [3.05, 3.63) is 94.0 Å². The van der Waals surface area contributed by atoms with Gasteiger partial charge in [0.2, 0.25) is 0 Å². The molecule has 0 unspecified atom stereocenters. The molecule has 154 valence electrons. The zero-order valence-electron chi connectivity index (χ0n) is 16.1. The summed E-state index contributed by atoms with van der Waals surface area (Å²) in [6, 6.07) is 19.4. The van der Waals surface area contributed by atoms with E-state index in [9.17, 15) is 9.59 Å². The summed E-state index contributed by atoms with van der Waals surface area (Å²) in [6.07, 6.45) is 3.10. The highest BCUT2D eigenvalue weighted by molar-refractivity contribution is 7.99. The molecule has 7 nitrogen and oxygen atoms in total. The molecule has 2 aromatic heterocycles. The molecule has 0 spiro atoms. The van der Waals surface area contributed by atoms with Crippen molar-refractivity contribution in [2.24, 2.45) is 5.10 Å². The molecule has 0 saturated carbocycles. The van der Waals surface area contributed by atoms with Crippen LogP contribution in [-0.2, 0) is 4.79 Å². The second kappa shape index (κ2) is 9.55. The lowest BCUT2D eigenvalue weighted by atomic mass is 10.2. The van der Waals surface area contributed by atoms with E-state index >= 15 is 0 Å². The number of nitrogens with zero attached hydrogens (tertiary/aromatic N) is 4. The molecular formula is C22H16ClN5O2S. The van der Waals surface area contributed by atoms with Crippen LogP contribution in [-0.4, -0.2) is 32.4 Å². The minimum atomic E-state index is -0.331. The van der Waals surface area contributed by atoms with E-state index in [0.29, 0.717) is 32.5 Å². The van der Waals surface area contributed by atoms with Gasteiger partial charge in [-0.25, -0.2) is 10.4 Å². The zero-order valence-corrected chi connectivity index (χ0v) is 17.7. The fourth-order valence-electron chi connectivity index (χ4n) is 2.81. The number of hydrazone groups is 1. The number of nitrogens with one attached hydrogen (secondary N) is 1. The highest BCUT2D eigenvalue weighted by atomic mass is 35.5. The topological polar surface area (TPSA) is 89.2 Å². The van der Waals surface area contributed by atoms with Gasteiger partial charge in [0.1, 0.15) is 0 Å². The number of fused-ring (bicyclic) bond motifs is 1. The molecular weight excluding hydrogens is 434 g/mol. The van der Waals surface area contributed by atoms with Crippen LogP contribution < -0.4 is 11.0 Å². The van der Waals surface area contributed by atoms with Crippen LogP contribution >= 0.6 is 23.4 Å². The first-order valence-electron chi connectivity index (χ1n) is 9.25. The van der Waals surface area contributed by atoms with Crippen molar-refractivity contribution < 1.29 is 4.79 Å². The smallest absolute Gasteiger partial charge is 0.266 e. The summed E-state index contributed by atoms with van der Waals surface area (Å²) in [5.41, 5.74) is 4.04. The van der Waals surface area contributed by atoms with Crippen molar-refractivity contribution in [2.45, 2.75) is 5.16 Å². The third kappa shape index (κ3) is 4.99. The summed E-state index contributed by atoms with van der Waals surface area (Å²) in [4.78, 5) is 34.1. The fourth-order valence-corrected chi connectivity index (χ4v) is 3.74. The Balaban J connectivity index is 1.58. The van der Waals surface area contributed by atoms with Crippen molar-refractivity contribution in [3.8, 4) is 5.69 Å². The van der Waals surface area contributed by atoms with Crippen LogP contribution in [0.25, 0.3) is 16.6 Å². The van der Waals surface area contributed by atoms with Gasteiger partial charge in [-0.1, -0.05) is 41.6 Å². The molecule has 0 fully saturated rings. The molecule has 0 aliphatic rings. The van der Waals surface area contributed by atoms with Gasteiger partial charge in [0, 0.05) is 11.2 Å². The summed E-state index contributed by atoms with van der Waals surface area (Å²) < 4.78 is 1.48. The van der Waals surface area contributed by atoms with Gasteiger partial charge in [-0.3, -0.25) is 19.1 Å². The first kappa shape index (κ1) is 20.8. The molecule has 2 aromatic carbocycles. The molecule has 0 bridgehead atoms. The predicted octanol–water partition coefficient (Wildman–Crippen LogP) is 3.68. The third-order valence-electron chi connectivity index (χ3n) is 4.24. The summed E-state index contributed by atoms with van der Waals surface area (Å²) in [5, 5.41) is 5.36. The first-order valence-corrected chi connectivity index (χ1v) is 10.6. The molecule has 0 saturated heterocycles. The van der Waals surface area contributed by atoms with E-state index in [1.807, 2.05) is 12.1 Å². The van der Waals surface area contributed by atoms with Gasteiger partial charge in [-0.05, 0) is 48.5 Å². The predicted molar refractivity (Wildman–Crippen MR) is 123 cm³/mol. The average molecular weight is 450 g/mol. The standard InChI is InChI=1S/C22H16ClN5O2S/c23-15-8-10-17(11-9-15)28-21(30)18-6-1-2-7-19(18)26-22(28)31-14-20(29)27-25-13-16-5-3-4-12-24-16/h1-13H,14H2,(H,27,29)/b25-13-. The zero-order chi connectivity index (χ0) is 21.6. The lowest BCUT2D eigenvalue weighted by Gasteiger charge is -2.13. The fraction of sp³-hybridized carbons (Fsp3) is 0.0455. The lowest BCUT2D eigenvalue weighted by Crippen LogP contribution is -2.24. The van der Waals surface area contributed by atoms with Crippen molar-refractivity contribution in [2.75, 3.05) is 5.75 Å². The maximum Gasteiger partial charge on any atom is 0.266 e. The first-order chi connectivity index (χ1) is 15.1. The Hall–Kier alpha value is -3.49. The van der Waals surface area contributed by atoms with E-state index in [1.54, 1.807) is 60.8 Å². The Kier molecular flexibility index (Phi) is 6.40. The Labute approximate surface area is 186 Å². The van der Waals surface area contributed by atoms with Gasteiger partial charge in [0.05, 0.1) is 34.3 Å². The van der Waals surface area contributed by atoms with Gasteiger partial charge >= 0.3 is 0 Å². The molecule has 2 heterocycles. The second-order valence-electron chi connectivity index (χ2n) is 6.36. The van der Waals surface area contributed by atoms with Gasteiger partial charge < -0.3 is 0 Å². The summed E-state index contributed by atoms with van der Waals surface area (Å²) in [5.74, 6) is -0.306. The normalized spacial score (nSPS) is 11.1. The van der Waals surface area contributed by atoms with Crippen LogP contribution in [0.5, 0.6) is 0 Å². The second-order valence-corrected chi connectivity index (χ2v) is 7.74. The summed E-state index contributed by atoms with van der Waals surface area (Å²) in [7, 11) is 0. The highest BCUT2D eigenvalue weighted by Gasteiger charge is 2.14. The van der Waals surface area contributed by atoms with Gasteiger partial charge in [-0.15, -0.1) is 0 Å². The van der Waals surface area contributed by atoms with Crippen LogP contribution in [0.2, 0.25) is 5.02 Å². The third-order valence-corrected chi connectivity index (χ3v) is 5.43.